The second-order valence-corrected chi connectivity index (χ2v) is 7.14. The molecule has 132 valence electrons. The number of aryl methyl sites for hydroxylation is 1. The Morgan fingerprint density at radius 3 is 3.04 bits per heavy atom. The van der Waals surface area contributed by atoms with Gasteiger partial charge in [0.1, 0.15) is 12.4 Å². The monoisotopic (exact) mass is 362 g/mol. The van der Waals surface area contributed by atoms with Gasteiger partial charge < -0.3 is 14.8 Å². The Morgan fingerprint density at radius 1 is 1.40 bits per heavy atom. The third-order valence-electron chi connectivity index (χ3n) is 4.20. The Hall–Kier alpha value is -2.42. The van der Waals surface area contributed by atoms with Crippen LogP contribution in [0.15, 0.2) is 23.0 Å². The second-order valence-electron chi connectivity index (χ2n) is 5.99. The summed E-state index contributed by atoms with van der Waals surface area (Å²) < 4.78 is 13.3. The molecule has 8 nitrogen and oxygen atoms in total. The zero-order chi connectivity index (χ0) is 17.4. The molecule has 0 unspecified atom stereocenters. The summed E-state index contributed by atoms with van der Waals surface area (Å²) >= 11 is 1.82. The summed E-state index contributed by atoms with van der Waals surface area (Å²) in [5, 5.41) is 7.18. The van der Waals surface area contributed by atoms with Crippen LogP contribution < -0.4 is 20.5 Å². The van der Waals surface area contributed by atoms with Gasteiger partial charge in [0.15, 0.2) is 11.5 Å². The first-order valence-electron chi connectivity index (χ1n) is 8.05. The molecule has 0 aliphatic carbocycles. The van der Waals surface area contributed by atoms with E-state index in [2.05, 4.69) is 10.4 Å². The summed E-state index contributed by atoms with van der Waals surface area (Å²) in [5.41, 5.74) is 0.276. The Balaban J connectivity index is 1.56. The number of nitrogens with one attached hydrogen (secondary N) is 1. The summed E-state index contributed by atoms with van der Waals surface area (Å²) in [4.78, 5) is 24.8. The van der Waals surface area contributed by atoms with Crippen LogP contribution in [0.2, 0.25) is 0 Å². The number of carbonyl (C=O) groups excluding carboxylic acids is 1. The molecule has 4 rings (SSSR count). The smallest absolute Gasteiger partial charge is 0.351 e. The quantitative estimate of drug-likeness (QED) is 0.861. The molecule has 2 aliphatic rings. The van der Waals surface area contributed by atoms with Crippen LogP contribution in [-0.4, -0.2) is 44.6 Å². The zero-order valence-corrected chi connectivity index (χ0v) is 14.5. The standard InChI is InChI=1S/C16H18N4O4S/c1-10-18-19(7-15(21)17-11-4-5-25-8-11)16(22)20(10)12-2-3-13-14(6-12)24-9-23-13/h2-3,6,11H,4-5,7-9H2,1H3,(H,17,21)/t11-/m0/s1. The zero-order valence-electron chi connectivity index (χ0n) is 13.7. The number of amides is 1. The van der Waals surface area contributed by atoms with E-state index < -0.39 is 0 Å². The van der Waals surface area contributed by atoms with Gasteiger partial charge in [0.2, 0.25) is 12.7 Å². The number of carbonyl (C=O) groups is 1. The Morgan fingerprint density at radius 2 is 2.24 bits per heavy atom. The van der Waals surface area contributed by atoms with Crippen LogP contribution in [0, 0.1) is 6.92 Å². The third kappa shape index (κ3) is 3.11. The van der Waals surface area contributed by atoms with Crippen molar-refractivity contribution in [3.8, 4) is 17.2 Å². The molecular weight excluding hydrogens is 344 g/mol. The SMILES string of the molecule is Cc1nn(CC(=O)N[C@H]2CCSC2)c(=O)n1-c1ccc2c(c1)OCO2. The molecule has 0 bridgehead atoms. The molecule has 3 heterocycles. The van der Waals surface area contributed by atoms with Crippen LogP contribution >= 0.6 is 11.8 Å². The van der Waals surface area contributed by atoms with Gasteiger partial charge in [0, 0.05) is 17.9 Å². The lowest BCUT2D eigenvalue weighted by Gasteiger charge is -2.10. The van der Waals surface area contributed by atoms with Gasteiger partial charge in [-0.2, -0.15) is 16.9 Å². The average Bonchev–Trinajstić information content (AvgIpc) is 3.29. The molecule has 1 aromatic heterocycles. The normalized spacial score (nSPS) is 18.5. The topological polar surface area (TPSA) is 87.4 Å². The van der Waals surface area contributed by atoms with E-state index in [0.29, 0.717) is 23.0 Å². The van der Waals surface area contributed by atoms with E-state index in [-0.39, 0.29) is 31.0 Å². The molecule has 1 fully saturated rings. The number of fused-ring (bicyclic) bond motifs is 1. The van der Waals surface area contributed by atoms with Gasteiger partial charge in [-0.3, -0.25) is 4.79 Å². The summed E-state index contributed by atoms with van der Waals surface area (Å²) in [6.45, 7) is 1.82. The molecule has 1 atom stereocenters. The van der Waals surface area contributed by atoms with Crippen LogP contribution in [0.3, 0.4) is 0 Å². The van der Waals surface area contributed by atoms with Gasteiger partial charge in [-0.25, -0.2) is 14.0 Å². The fourth-order valence-corrected chi connectivity index (χ4v) is 4.15. The van der Waals surface area contributed by atoms with E-state index in [1.54, 1.807) is 25.1 Å². The number of nitrogens with zero attached hydrogens (tertiary/aromatic N) is 3. The Bertz CT molecular complexity index is 870. The predicted octanol–water partition coefficient (Wildman–Crippen LogP) is 0.693. The molecule has 0 spiro atoms. The molecule has 1 aromatic carbocycles. The number of ether oxygens (including phenoxy) is 2. The number of thioether (sulfide) groups is 1. The lowest BCUT2D eigenvalue weighted by molar-refractivity contribution is -0.122. The minimum atomic E-state index is -0.354. The number of hydrogen-bond donors (Lipinski definition) is 1. The average molecular weight is 362 g/mol. The molecule has 1 saturated heterocycles. The van der Waals surface area contributed by atoms with Gasteiger partial charge in [0.25, 0.3) is 0 Å². The van der Waals surface area contributed by atoms with Crippen molar-refractivity contribution in [2.24, 2.45) is 0 Å². The van der Waals surface area contributed by atoms with Crippen LogP contribution in [0.4, 0.5) is 0 Å². The van der Waals surface area contributed by atoms with Crippen molar-refractivity contribution in [1.82, 2.24) is 19.7 Å². The fourth-order valence-electron chi connectivity index (χ4n) is 3.00. The van der Waals surface area contributed by atoms with Crippen LogP contribution in [0.25, 0.3) is 5.69 Å². The van der Waals surface area contributed by atoms with Crippen LogP contribution in [-0.2, 0) is 11.3 Å². The highest BCUT2D eigenvalue weighted by Gasteiger charge is 2.21. The Kier molecular flexibility index (Phi) is 4.16. The number of hydrogen-bond acceptors (Lipinski definition) is 6. The van der Waals surface area contributed by atoms with E-state index in [1.807, 2.05) is 11.8 Å². The van der Waals surface area contributed by atoms with Gasteiger partial charge in [-0.15, -0.1) is 0 Å². The number of benzene rings is 1. The second kappa shape index (κ2) is 6.47. The summed E-state index contributed by atoms with van der Waals surface area (Å²) in [5.74, 6) is 3.54. The molecule has 25 heavy (non-hydrogen) atoms. The van der Waals surface area contributed by atoms with Crippen molar-refractivity contribution in [2.45, 2.75) is 25.9 Å². The maximum Gasteiger partial charge on any atom is 0.351 e. The van der Waals surface area contributed by atoms with Crippen molar-refractivity contribution in [1.29, 1.82) is 0 Å². The van der Waals surface area contributed by atoms with E-state index in [0.717, 1.165) is 17.9 Å². The van der Waals surface area contributed by atoms with Crippen molar-refractivity contribution in [2.75, 3.05) is 18.3 Å². The number of aromatic nitrogens is 3. The minimum absolute atomic E-state index is 0.0849. The molecule has 1 amide bonds. The van der Waals surface area contributed by atoms with E-state index in [4.69, 9.17) is 9.47 Å². The highest BCUT2D eigenvalue weighted by Crippen LogP contribution is 2.33. The van der Waals surface area contributed by atoms with E-state index in [9.17, 15) is 9.59 Å². The maximum absolute atomic E-state index is 12.7. The molecule has 9 heteroatoms. The highest BCUT2D eigenvalue weighted by molar-refractivity contribution is 7.99. The minimum Gasteiger partial charge on any atom is -0.454 e. The van der Waals surface area contributed by atoms with Gasteiger partial charge in [-0.05, 0) is 31.2 Å². The van der Waals surface area contributed by atoms with Crippen molar-refractivity contribution >= 4 is 17.7 Å². The lowest BCUT2D eigenvalue weighted by Crippen LogP contribution is -2.39. The molecule has 2 aromatic rings. The first kappa shape index (κ1) is 16.1. The molecule has 0 saturated carbocycles. The maximum atomic E-state index is 12.7. The van der Waals surface area contributed by atoms with Gasteiger partial charge in [0.05, 0.1) is 5.69 Å². The highest BCUT2D eigenvalue weighted by atomic mass is 32.2. The van der Waals surface area contributed by atoms with Crippen LogP contribution in [0.5, 0.6) is 11.5 Å². The molecule has 1 N–H and O–H groups in total. The molecule has 2 aliphatic heterocycles. The largest absolute Gasteiger partial charge is 0.454 e. The van der Waals surface area contributed by atoms with Crippen LogP contribution in [0.1, 0.15) is 12.2 Å². The van der Waals surface area contributed by atoms with E-state index in [1.165, 1.54) is 9.25 Å². The molecular formula is C16H18N4O4S. The fraction of sp³-hybridized carbons (Fsp3) is 0.438. The summed E-state index contributed by atoms with van der Waals surface area (Å²) in [6, 6.07) is 5.44. The van der Waals surface area contributed by atoms with Gasteiger partial charge >= 0.3 is 5.69 Å². The van der Waals surface area contributed by atoms with Gasteiger partial charge in [-0.1, -0.05) is 0 Å². The van der Waals surface area contributed by atoms with Crippen molar-refractivity contribution in [3.05, 3.63) is 34.5 Å². The van der Waals surface area contributed by atoms with Crippen molar-refractivity contribution in [3.63, 3.8) is 0 Å². The first-order valence-corrected chi connectivity index (χ1v) is 9.21. The lowest BCUT2D eigenvalue weighted by atomic mass is 10.2. The third-order valence-corrected chi connectivity index (χ3v) is 5.37. The predicted molar refractivity (Wildman–Crippen MR) is 92.6 cm³/mol. The first-order chi connectivity index (χ1) is 12.1. The summed E-state index contributed by atoms with van der Waals surface area (Å²) in [7, 11) is 0. The molecule has 0 radical (unpaired) electrons. The summed E-state index contributed by atoms with van der Waals surface area (Å²) in [6.07, 6.45) is 0.968. The van der Waals surface area contributed by atoms with Crippen molar-refractivity contribution < 1.29 is 14.3 Å². The van der Waals surface area contributed by atoms with E-state index >= 15 is 0 Å². The number of rotatable bonds is 4. The Labute approximate surface area is 148 Å².